The van der Waals surface area contributed by atoms with Gasteiger partial charge in [-0.05, 0) is 51.4 Å². The van der Waals surface area contributed by atoms with Crippen LogP contribution in [0.5, 0.6) is 0 Å². The maximum atomic E-state index is 12.9. The molecule has 10 heteroatoms. The van der Waals surface area contributed by atoms with E-state index in [0.29, 0.717) is 17.4 Å². The summed E-state index contributed by atoms with van der Waals surface area (Å²) in [4.78, 5) is 38.1. The number of quaternary nitrogens is 1. The minimum Gasteiger partial charge on any atom is -0.756 e. The average molecular weight is 1260 g/mol. The summed E-state index contributed by atoms with van der Waals surface area (Å²) >= 11 is 0. The number of phosphoric ester groups is 1. The van der Waals surface area contributed by atoms with Crippen LogP contribution in [-0.4, -0.2) is 70.0 Å². The van der Waals surface area contributed by atoms with Crippen molar-refractivity contribution in [2.24, 2.45) is 0 Å². The number of carbonyl (C=O) groups excluding carboxylic acids is 2. The van der Waals surface area contributed by atoms with Crippen molar-refractivity contribution in [3.05, 3.63) is 48.6 Å². The van der Waals surface area contributed by atoms with E-state index in [2.05, 4.69) is 62.5 Å². The first-order chi connectivity index (χ1) is 43.0. The highest BCUT2D eigenvalue weighted by Crippen LogP contribution is 2.38. The van der Waals surface area contributed by atoms with E-state index in [4.69, 9.17) is 18.5 Å². The van der Waals surface area contributed by atoms with Gasteiger partial charge < -0.3 is 27.9 Å². The van der Waals surface area contributed by atoms with Gasteiger partial charge in [-0.2, -0.15) is 0 Å². The summed E-state index contributed by atoms with van der Waals surface area (Å²) in [5.41, 5.74) is 0. The molecule has 0 heterocycles. The second-order valence-electron chi connectivity index (χ2n) is 27.4. The molecule has 2 unspecified atom stereocenters. The van der Waals surface area contributed by atoms with E-state index in [9.17, 15) is 19.0 Å². The molecule has 0 aliphatic carbocycles. The van der Waals surface area contributed by atoms with Crippen molar-refractivity contribution >= 4 is 19.8 Å². The maximum absolute atomic E-state index is 12.9. The van der Waals surface area contributed by atoms with Crippen molar-refractivity contribution in [2.45, 2.75) is 392 Å². The highest BCUT2D eigenvalue weighted by molar-refractivity contribution is 7.45. The molecule has 0 saturated heterocycles. The number of hydrogen-bond donors (Lipinski definition) is 0. The third-order valence-corrected chi connectivity index (χ3v) is 18.3. The van der Waals surface area contributed by atoms with Crippen LogP contribution in [0.25, 0.3) is 0 Å². The fourth-order valence-corrected chi connectivity index (χ4v) is 12.3. The number of nitrogens with zero attached hydrogens (tertiary/aromatic N) is 1. The van der Waals surface area contributed by atoms with Crippen LogP contribution in [0.4, 0.5) is 0 Å². The molecule has 0 aromatic rings. The molecule has 0 radical (unpaired) electrons. The molecule has 0 amide bonds. The Kier molecular flexibility index (Phi) is 67.7. The first-order valence-corrected chi connectivity index (χ1v) is 39.8. The fraction of sp³-hybridized carbons (Fsp3) is 0.872. The molecule has 518 valence electrons. The first-order valence-electron chi connectivity index (χ1n) is 38.3. The summed E-state index contributed by atoms with van der Waals surface area (Å²) in [5.74, 6) is -0.810. The lowest BCUT2D eigenvalue weighted by Crippen LogP contribution is -2.37. The third kappa shape index (κ3) is 73.0. The van der Waals surface area contributed by atoms with Crippen LogP contribution in [0.15, 0.2) is 48.6 Å². The van der Waals surface area contributed by atoms with Crippen LogP contribution >= 0.6 is 7.82 Å². The Morgan fingerprint density at radius 2 is 0.648 bits per heavy atom. The molecule has 0 bridgehead atoms. The number of carbonyl (C=O) groups is 2. The molecule has 0 N–H and O–H groups in total. The highest BCUT2D eigenvalue weighted by atomic mass is 31.2. The fourth-order valence-electron chi connectivity index (χ4n) is 11.5. The van der Waals surface area contributed by atoms with Crippen molar-refractivity contribution in [1.82, 2.24) is 0 Å². The van der Waals surface area contributed by atoms with Gasteiger partial charge in [0, 0.05) is 12.8 Å². The number of ether oxygens (including phenoxy) is 2. The second kappa shape index (κ2) is 69.3. The summed E-state index contributed by atoms with van der Waals surface area (Å²) in [5, 5.41) is 0. The number of phosphoric acid groups is 1. The zero-order valence-corrected chi connectivity index (χ0v) is 60.1. The Labute approximate surface area is 547 Å². The molecular weight excluding hydrogens is 1110 g/mol. The van der Waals surface area contributed by atoms with Crippen molar-refractivity contribution in [2.75, 3.05) is 47.5 Å². The van der Waals surface area contributed by atoms with Gasteiger partial charge >= 0.3 is 11.9 Å². The average Bonchev–Trinajstić information content (AvgIpc) is 3.68. The van der Waals surface area contributed by atoms with Crippen molar-refractivity contribution in [3.63, 3.8) is 0 Å². The molecular formula is C78H148NO8P. The molecule has 0 aliphatic rings. The molecule has 0 saturated carbocycles. The van der Waals surface area contributed by atoms with E-state index in [1.165, 1.54) is 295 Å². The topological polar surface area (TPSA) is 111 Å². The minimum absolute atomic E-state index is 0.0282. The smallest absolute Gasteiger partial charge is 0.306 e. The summed E-state index contributed by atoms with van der Waals surface area (Å²) in [7, 11) is 1.19. The standard InChI is InChI=1S/C78H148NO8P/c1-6-8-10-12-14-16-18-20-22-24-26-28-30-32-34-36-38-39-41-42-44-46-48-50-52-54-56-58-60-62-64-66-68-70-77(80)84-74-76(75-86-88(82,83)85-73-72-79(3,4)5)87-78(81)71-69-67-65-63-61-59-57-55-53-51-49-47-45-43-40-37-35-33-31-29-27-25-23-21-19-17-15-13-11-9-7-2/h9,11,15,17,21,23,27,29,76H,6-8,10,12-14,16,18-20,22,24-26,28,30-75H2,1-5H3/b11-9-,17-15-,23-21-,29-27-. The van der Waals surface area contributed by atoms with E-state index < -0.39 is 26.5 Å². The van der Waals surface area contributed by atoms with Gasteiger partial charge in [0.25, 0.3) is 7.82 Å². The van der Waals surface area contributed by atoms with Crippen LogP contribution < -0.4 is 4.89 Å². The van der Waals surface area contributed by atoms with E-state index in [1.807, 2.05) is 21.1 Å². The number of allylic oxidation sites excluding steroid dienone is 8. The largest absolute Gasteiger partial charge is 0.756 e. The Morgan fingerprint density at radius 3 is 0.966 bits per heavy atom. The normalized spacial score (nSPS) is 13.3. The Morgan fingerprint density at radius 1 is 0.364 bits per heavy atom. The molecule has 2 atom stereocenters. The van der Waals surface area contributed by atoms with E-state index in [0.717, 1.165) is 57.8 Å². The Balaban J connectivity index is 3.93. The zero-order chi connectivity index (χ0) is 64.1. The Hall–Kier alpha value is -2.03. The number of unbranched alkanes of at least 4 members (excludes halogenated alkanes) is 50. The number of hydrogen-bond acceptors (Lipinski definition) is 8. The number of rotatable bonds is 72. The Bertz CT molecular complexity index is 1620. The number of esters is 2. The van der Waals surface area contributed by atoms with E-state index in [1.54, 1.807) is 0 Å². The predicted molar refractivity (Wildman–Crippen MR) is 379 cm³/mol. The number of likely N-dealkylation sites (N-methyl/N-ethyl adjacent to an activating group) is 1. The van der Waals surface area contributed by atoms with Gasteiger partial charge in [-0.3, -0.25) is 14.2 Å². The van der Waals surface area contributed by atoms with Crippen molar-refractivity contribution < 1.29 is 42.1 Å². The third-order valence-electron chi connectivity index (χ3n) is 17.4. The van der Waals surface area contributed by atoms with Gasteiger partial charge in [-0.15, -0.1) is 0 Å². The molecule has 9 nitrogen and oxygen atoms in total. The summed E-state index contributed by atoms with van der Waals surface area (Å²) in [6.07, 6.45) is 90.9. The maximum Gasteiger partial charge on any atom is 0.306 e. The van der Waals surface area contributed by atoms with Gasteiger partial charge in [0.15, 0.2) is 6.10 Å². The van der Waals surface area contributed by atoms with Crippen LogP contribution in [0.3, 0.4) is 0 Å². The zero-order valence-electron chi connectivity index (χ0n) is 59.2. The molecule has 0 spiro atoms. The SMILES string of the molecule is CC/C=C\C/C=C\C/C=C\C/C=C\CCCCCCCCCCCCCCCCCCCCC(=O)OC(COC(=O)CCCCCCCCCCCCCCCCCCCCCCCCCCCCCCCCCCC)COP(=O)([O-])OCC[N+](C)(C)C. The minimum atomic E-state index is -4.64. The van der Waals surface area contributed by atoms with E-state index >= 15 is 0 Å². The lowest BCUT2D eigenvalue weighted by Gasteiger charge is -2.28. The second-order valence-corrected chi connectivity index (χ2v) is 28.8. The molecule has 0 rings (SSSR count). The summed E-state index contributed by atoms with van der Waals surface area (Å²) in [6.45, 7) is 4.20. The molecule has 0 aromatic carbocycles. The van der Waals surface area contributed by atoms with Crippen LogP contribution in [-0.2, 0) is 32.7 Å². The lowest BCUT2D eigenvalue weighted by molar-refractivity contribution is -0.870. The van der Waals surface area contributed by atoms with E-state index in [-0.39, 0.29) is 32.0 Å². The summed E-state index contributed by atoms with van der Waals surface area (Å²) in [6, 6.07) is 0. The van der Waals surface area contributed by atoms with Gasteiger partial charge in [0.2, 0.25) is 0 Å². The van der Waals surface area contributed by atoms with Crippen LogP contribution in [0, 0.1) is 0 Å². The first kappa shape index (κ1) is 86.0. The van der Waals surface area contributed by atoms with Crippen LogP contribution in [0.2, 0.25) is 0 Å². The monoisotopic (exact) mass is 1260 g/mol. The summed E-state index contributed by atoms with van der Waals surface area (Å²) < 4.78 is 34.4. The molecule has 0 aromatic heterocycles. The van der Waals surface area contributed by atoms with Gasteiger partial charge in [0.1, 0.15) is 19.8 Å². The van der Waals surface area contributed by atoms with Gasteiger partial charge in [-0.1, -0.05) is 371 Å². The van der Waals surface area contributed by atoms with Crippen LogP contribution in [0.1, 0.15) is 386 Å². The quantitative estimate of drug-likeness (QED) is 0.0195. The lowest BCUT2D eigenvalue weighted by atomic mass is 10.0. The van der Waals surface area contributed by atoms with Crippen molar-refractivity contribution in [1.29, 1.82) is 0 Å². The predicted octanol–water partition coefficient (Wildman–Crippen LogP) is 24.5. The molecule has 0 fully saturated rings. The molecule has 0 aliphatic heterocycles. The van der Waals surface area contributed by atoms with Crippen molar-refractivity contribution in [3.8, 4) is 0 Å². The molecule has 88 heavy (non-hydrogen) atoms. The van der Waals surface area contributed by atoms with Gasteiger partial charge in [0.05, 0.1) is 27.7 Å². The highest BCUT2D eigenvalue weighted by Gasteiger charge is 2.22. The van der Waals surface area contributed by atoms with Gasteiger partial charge in [-0.25, -0.2) is 0 Å².